The molecule has 0 radical (unpaired) electrons. The maximum Gasteiger partial charge on any atom is 0.418 e. The van der Waals surface area contributed by atoms with Crippen LogP contribution in [0, 0.1) is 17.2 Å². The fraction of sp³-hybridized carbons (Fsp3) is 0.414. The number of anilines is 2. The molecule has 230 valence electrons. The fourth-order valence-electron chi connectivity index (χ4n) is 6.22. The van der Waals surface area contributed by atoms with Crippen molar-refractivity contribution in [2.75, 3.05) is 18.4 Å². The number of aromatic nitrogens is 4. The summed E-state index contributed by atoms with van der Waals surface area (Å²) in [7, 11) is 0. The van der Waals surface area contributed by atoms with Gasteiger partial charge in [0, 0.05) is 36.5 Å². The number of nitrogens with zero attached hydrogens (tertiary/aromatic N) is 6. The minimum atomic E-state index is -4.76. The maximum atomic E-state index is 14.1. The number of nitrogens with one attached hydrogen (secondary N) is 1. The largest absolute Gasteiger partial charge is 0.418 e. The van der Waals surface area contributed by atoms with Crippen molar-refractivity contribution in [3.8, 4) is 6.07 Å². The Kier molecular flexibility index (Phi) is 7.31. The standard InChI is InChI=1S/C29H28F3N7O5/c30-28(31,32)20-7-3-6-18-19(26(40)37-10-8-16(14-33)9-11-37)12-24(36-25(18)20)35-23-13-21-22(15-34-23)39(29(42,43)44)27(41)38(21)17-4-1-2-5-17/h3,6-7,12-13,15-17,42-44H,1-2,4-5,8-11H2,(H,34,35,36). The first kappa shape index (κ1) is 29.5. The number of benzene rings is 1. The molecule has 0 bridgehead atoms. The van der Waals surface area contributed by atoms with E-state index in [4.69, 9.17) is 0 Å². The number of nitriles is 1. The van der Waals surface area contributed by atoms with E-state index in [0.29, 0.717) is 30.3 Å². The Labute approximate surface area is 247 Å². The van der Waals surface area contributed by atoms with Gasteiger partial charge in [0.25, 0.3) is 5.91 Å². The summed E-state index contributed by atoms with van der Waals surface area (Å²) in [6.07, 6.45) is -3.27. The van der Waals surface area contributed by atoms with Crippen molar-refractivity contribution in [2.45, 2.75) is 56.8 Å². The molecule has 3 aromatic heterocycles. The molecule has 4 N–H and O–H groups in total. The van der Waals surface area contributed by atoms with Gasteiger partial charge in [-0.25, -0.2) is 19.3 Å². The minimum Gasteiger partial charge on any atom is -0.339 e. The smallest absolute Gasteiger partial charge is 0.339 e. The molecule has 4 heterocycles. The zero-order valence-corrected chi connectivity index (χ0v) is 23.3. The number of halogens is 3. The van der Waals surface area contributed by atoms with E-state index in [1.807, 2.05) is 0 Å². The number of pyridine rings is 2. The molecular weight excluding hydrogens is 583 g/mol. The van der Waals surface area contributed by atoms with E-state index < -0.39 is 35.0 Å². The van der Waals surface area contributed by atoms with Crippen molar-refractivity contribution < 1.29 is 33.3 Å². The second-order valence-electron chi connectivity index (χ2n) is 11.2. The van der Waals surface area contributed by atoms with E-state index in [-0.39, 0.29) is 58.7 Å². The molecule has 44 heavy (non-hydrogen) atoms. The van der Waals surface area contributed by atoms with Crippen LogP contribution in [0.2, 0.25) is 0 Å². The normalized spacial score (nSPS) is 17.0. The van der Waals surface area contributed by atoms with E-state index in [1.165, 1.54) is 33.7 Å². The second-order valence-corrected chi connectivity index (χ2v) is 11.2. The number of alkyl halides is 3. The minimum absolute atomic E-state index is 0.0125. The van der Waals surface area contributed by atoms with Crippen LogP contribution in [0.25, 0.3) is 21.9 Å². The number of hydrogen-bond acceptors (Lipinski definition) is 9. The molecule has 0 atom stereocenters. The number of carbonyl (C=O) groups excluding carboxylic acids is 1. The van der Waals surface area contributed by atoms with Crippen molar-refractivity contribution in [3.63, 3.8) is 0 Å². The predicted octanol–water partition coefficient (Wildman–Crippen LogP) is 3.54. The van der Waals surface area contributed by atoms with Crippen LogP contribution in [0.4, 0.5) is 24.8 Å². The number of para-hydroxylation sites is 1. The zero-order chi connectivity index (χ0) is 31.4. The van der Waals surface area contributed by atoms with E-state index in [2.05, 4.69) is 21.4 Å². The van der Waals surface area contributed by atoms with Gasteiger partial charge in [0.05, 0.1) is 39.9 Å². The molecule has 1 aromatic carbocycles. The molecule has 15 heteroatoms. The van der Waals surface area contributed by atoms with Gasteiger partial charge < -0.3 is 25.5 Å². The molecular formula is C29H28F3N7O5. The van der Waals surface area contributed by atoms with E-state index in [9.17, 15) is 43.3 Å². The van der Waals surface area contributed by atoms with Gasteiger partial charge in [-0.1, -0.05) is 25.0 Å². The lowest BCUT2D eigenvalue weighted by Gasteiger charge is -2.29. The Morgan fingerprint density at radius 1 is 1.02 bits per heavy atom. The molecule has 1 aliphatic carbocycles. The molecule has 0 spiro atoms. The fourth-order valence-corrected chi connectivity index (χ4v) is 6.22. The van der Waals surface area contributed by atoms with Crippen molar-refractivity contribution in [1.29, 1.82) is 5.26 Å². The quantitative estimate of drug-likeness (QED) is 0.247. The lowest BCUT2D eigenvalue weighted by atomic mass is 9.97. The van der Waals surface area contributed by atoms with Gasteiger partial charge in [-0.05, 0) is 37.8 Å². The molecule has 6 rings (SSSR count). The Bertz CT molecular complexity index is 1860. The first-order chi connectivity index (χ1) is 20.9. The summed E-state index contributed by atoms with van der Waals surface area (Å²) < 4.78 is 43.9. The third kappa shape index (κ3) is 5.25. The monoisotopic (exact) mass is 611 g/mol. The van der Waals surface area contributed by atoms with Crippen molar-refractivity contribution in [3.05, 3.63) is 58.1 Å². The highest BCUT2D eigenvalue weighted by molar-refractivity contribution is 6.08. The summed E-state index contributed by atoms with van der Waals surface area (Å²) in [6, 6.07) is 8.12. The number of hydrogen-bond donors (Lipinski definition) is 4. The number of carbonyl (C=O) groups is 1. The predicted molar refractivity (Wildman–Crippen MR) is 150 cm³/mol. The summed E-state index contributed by atoms with van der Waals surface area (Å²) in [5.74, 6) is -0.777. The highest BCUT2D eigenvalue weighted by Gasteiger charge is 2.35. The number of rotatable bonds is 5. The maximum absolute atomic E-state index is 14.1. The van der Waals surface area contributed by atoms with Crippen LogP contribution in [0.5, 0.6) is 0 Å². The molecule has 1 saturated heterocycles. The average Bonchev–Trinajstić information content (AvgIpc) is 3.60. The molecule has 1 aliphatic heterocycles. The second kappa shape index (κ2) is 10.9. The summed E-state index contributed by atoms with van der Waals surface area (Å²) in [5.41, 5.74) is -2.24. The Morgan fingerprint density at radius 3 is 2.36 bits per heavy atom. The highest BCUT2D eigenvalue weighted by Crippen LogP contribution is 2.37. The van der Waals surface area contributed by atoms with Gasteiger partial charge in [0.1, 0.15) is 11.6 Å². The topological polar surface area (TPSA) is 170 Å². The van der Waals surface area contributed by atoms with Crippen LogP contribution in [0.3, 0.4) is 0 Å². The van der Waals surface area contributed by atoms with Gasteiger partial charge >= 0.3 is 18.0 Å². The lowest BCUT2D eigenvalue weighted by molar-refractivity contribution is -0.374. The molecule has 1 amide bonds. The van der Waals surface area contributed by atoms with Crippen LogP contribution in [-0.4, -0.2) is 58.3 Å². The van der Waals surface area contributed by atoms with Crippen molar-refractivity contribution >= 4 is 39.5 Å². The highest BCUT2D eigenvalue weighted by atomic mass is 19.4. The number of aliphatic hydroxyl groups is 3. The first-order valence-corrected chi connectivity index (χ1v) is 14.1. The van der Waals surface area contributed by atoms with Crippen LogP contribution in [0.1, 0.15) is 60.5 Å². The zero-order valence-electron chi connectivity index (χ0n) is 23.3. The number of imidazole rings is 1. The molecule has 1 saturated carbocycles. The number of piperidine rings is 1. The first-order valence-electron chi connectivity index (χ1n) is 14.1. The summed E-state index contributed by atoms with van der Waals surface area (Å²) in [6.45, 7) is 0.553. The third-order valence-corrected chi connectivity index (χ3v) is 8.35. The molecule has 2 aliphatic rings. The van der Waals surface area contributed by atoms with Crippen molar-refractivity contribution in [1.82, 2.24) is 24.0 Å². The van der Waals surface area contributed by atoms with Crippen LogP contribution >= 0.6 is 0 Å². The summed E-state index contributed by atoms with van der Waals surface area (Å²) >= 11 is 0. The van der Waals surface area contributed by atoms with Gasteiger partial charge in [0.15, 0.2) is 0 Å². The lowest BCUT2D eigenvalue weighted by Crippen LogP contribution is -2.41. The SMILES string of the molecule is N#CC1CCN(C(=O)c2cc(Nc3cc4c(cn3)n(C(O)(O)O)c(=O)n4C3CCCC3)nc3c(C(F)(F)F)cccc23)CC1. The average molecular weight is 612 g/mol. The molecule has 12 nitrogen and oxygen atoms in total. The van der Waals surface area contributed by atoms with Gasteiger partial charge in [-0.15, -0.1) is 0 Å². The van der Waals surface area contributed by atoms with E-state index >= 15 is 0 Å². The molecule has 0 unspecified atom stereocenters. The Balaban J connectivity index is 1.46. The van der Waals surface area contributed by atoms with Gasteiger partial charge in [0.2, 0.25) is 0 Å². The number of fused-ring (bicyclic) bond motifs is 2. The Hall–Kier alpha value is -4.52. The van der Waals surface area contributed by atoms with Crippen molar-refractivity contribution in [2.24, 2.45) is 5.92 Å². The van der Waals surface area contributed by atoms with Crippen LogP contribution in [-0.2, 0) is 12.3 Å². The van der Waals surface area contributed by atoms with E-state index in [1.54, 1.807) is 0 Å². The van der Waals surface area contributed by atoms with Gasteiger partial charge in [-0.2, -0.15) is 18.4 Å². The van der Waals surface area contributed by atoms with Crippen LogP contribution < -0.4 is 11.0 Å². The summed E-state index contributed by atoms with van der Waals surface area (Å²) in [5, 5.41) is 41.8. The molecule has 4 aromatic rings. The van der Waals surface area contributed by atoms with E-state index in [0.717, 1.165) is 25.1 Å². The van der Waals surface area contributed by atoms with Gasteiger partial charge in [-0.3, -0.25) is 9.36 Å². The summed E-state index contributed by atoms with van der Waals surface area (Å²) in [4.78, 5) is 36.8. The molecule has 2 fully saturated rings. The Morgan fingerprint density at radius 2 is 1.73 bits per heavy atom. The number of amides is 1. The number of likely N-dealkylation sites (tertiary alicyclic amines) is 1. The third-order valence-electron chi connectivity index (χ3n) is 8.35. The van der Waals surface area contributed by atoms with Crippen LogP contribution in [0.15, 0.2) is 41.3 Å².